The quantitative estimate of drug-likeness (QED) is 0.767. The van der Waals surface area contributed by atoms with Crippen molar-refractivity contribution >= 4 is 22.7 Å². The van der Waals surface area contributed by atoms with E-state index in [1.165, 1.54) is 0 Å². The van der Waals surface area contributed by atoms with Crippen molar-refractivity contribution < 1.29 is 13.9 Å². The van der Waals surface area contributed by atoms with Crippen molar-refractivity contribution in [3.8, 4) is 5.75 Å². The number of hydrogen-bond donors (Lipinski definition) is 1. The molecule has 1 fully saturated rings. The molecule has 0 aliphatic heterocycles. The predicted octanol–water partition coefficient (Wildman–Crippen LogP) is 4.11. The number of nitrogens with zero attached hydrogens (tertiary/aromatic N) is 1. The summed E-state index contributed by atoms with van der Waals surface area (Å²) in [4.78, 5) is 16.8. The zero-order chi connectivity index (χ0) is 16.5. The zero-order valence-corrected chi connectivity index (χ0v) is 13.4. The van der Waals surface area contributed by atoms with Gasteiger partial charge in [0.05, 0.1) is 0 Å². The standard InChI is InChI=1S/C19H18N2O3/c1-12(23-15-5-3-2-4-6-15)18(22)20-14-9-10-17-16(11-14)21-19(24-17)13-7-8-13/h2-6,9-13H,7-8H2,1H3,(H,20,22). The molecule has 1 saturated carbocycles. The number of anilines is 1. The van der Waals surface area contributed by atoms with Crippen LogP contribution in [0.1, 0.15) is 31.6 Å². The van der Waals surface area contributed by atoms with Gasteiger partial charge in [0.2, 0.25) is 0 Å². The summed E-state index contributed by atoms with van der Waals surface area (Å²) in [5, 5.41) is 2.86. The van der Waals surface area contributed by atoms with Crippen LogP contribution in [-0.2, 0) is 4.79 Å². The maximum absolute atomic E-state index is 12.3. The van der Waals surface area contributed by atoms with Crippen molar-refractivity contribution in [1.29, 1.82) is 0 Å². The van der Waals surface area contributed by atoms with E-state index in [0.717, 1.165) is 29.8 Å². The molecule has 0 radical (unpaired) electrons. The molecule has 1 aliphatic carbocycles. The fraction of sp³-hybridized carbons (Fsp3) is 0.263. The summed E-state index contributed by atoms with van der Waals surface area (Å²) in [6, 6.07) is 14.8. The van der Waals surface area contributed by atoms with Crippen LogP contribution in [0.3, 0.4) is 0 Å². The molecule has 0 bridgehead atoms. The Balaban J connectivity index is 1.45. The van der Waals surface area contributed by atoms with Crippen LogP contribution in [-0.4, -0.2) is 17.0 Å². The van der Waals surface area contributed by atoms with Crippen LogP contribution in [0.5, 0.6) is 5.75 Å². The van der Waals surface area contributed by atoms with E-state index in [1.807, 2.05) is 48.5 Å². The molecule has 1 aliphatic rings. The average molecular weight is 322 g/mol. The van der Waals surface area contributed by atoms with Crippen molar-refractivity contribution in [2.75, 3.05) is 5.32 Å². The third-order valence-corrected chi connectivity index (χ3v) is 4.02. The van der Waals surface area contributed by atoms with Crippen molar-refractivity contribution in [3.05, 3.63) is 54.4 Å². The summed E-state index contributed by atoms with van der Waals surface area (Å²) in [5.74, 6) is 1.73. The largest absolute Gasteiger partial charge is 0.481 e. The Bertz CT molecular complexity index is 869. The molecule has 0 spiro atoms. The predicted molar refractivity (Wildman–Crippen MR) is 91.1 cm³/mol. The number of nitrogens with one attached hydrogen (secondary N) is 1. The second-order valence-electron chi connectivity index (χ2n) is 6.07. The highest BCUT2D eigenvalue weighted by atomic mass is 16.5. The van der Waals surface area contributed by atoms with Crippen LogP contribution in [0.2, 0.25) is 0 Å². The van der Waals surface area contributed by atoms with Gasteiger partial charge in [0.15, 0.2) is 17.6 Å². The van der Waals surface area contributed by atoms with Crippen molar-refractivity contribution in [2.45, 2.75) is 31.8 Å². The molecule has 0 saturated heterocycles. The van der Waals surface area contributed by atoms with Gasteiger partial charge in [-0.05, 0) is 50.1 Å². The molecule has 1 aromatic heterocycles. The van der Waals surface area contributed by atoms with Crippen LogP contribution in [0.15, 0.2) is 52.9 Å². The molecular formula is C19H18N2O3. The third kappa shape index (κ3) is 3.11. The Morgan fingerprint density at radius 3 is 2.79 bits per heavy atom. The first-order chi connectivity index (χ1) is 11.7. The third-order valence-electron chi connectivity index (χ3n) is 4.02. The minimum absolute atomic E-state index is 0.205. The number of para-hydroxylation sites is 1. The van der Waals surface area contributed by atoms with Gasteiger partial charge >= 0.3 is 0 Å². The van der Waals surface area contributed by atoms with E-state index in [4.69, 9.17) is 9.15 Å². The van der Waals surface area contributed by atoms with Crippen molar-refractivity contribution in [2.24, 2.45) is 0 Å². The van der Waals surface area contributed by atoms with Crippen LogP contribution < -0.4 is 10.1 Å². The second-order valence-corrected chi connectivity index (χ2v) is 6.07. The Hall–Kier alpha value is -2.82. The molecule has 2 aromatic carbocycles. The van der Waals surface area contributed by atoms with Crippen LogP contribution in [0.4, 0.5) is 5.69 Å². The van der Waals surface area contributed by atoms with Crippen LogP contribution >= 0.6 is 0 Å². The van der Waals surface area contributed by atoms with Gasteiger partial charge in [-0.25, -0.2) is 4.98 Å². The summed E-state index contributed by atoms with van der Waals surface area (Å²) < 4.78 is 11.4. The molecule has 3 aromatic rings. The summed E-state index contributed by atoms with van der Waals surface area (Å²) in [6.07, 6.45) is 1.69. The van der Waals surface area contributed by atoms with E-state index in [1.54, 1.807) is 6.92 Å². The average Bonchev–Trinajstić information content (AvgIpc) is 3.35. The van der Waals surface area contributed by atoms with E-state index in [-0.39, 0.29) is 5.91 Å². The van der Waals surface area contributed by atoms with Crippen LogP contribution in [0.25, 0.3) is 11.1 Å². The minimum atomic E-state index is -0.595. The van der Waals surface area contributed by atoms with E-state index >= 15 is 0 Å². The number of rotatable bonds is 5. The number of fused-ring (bicyclic) bond motifs is 1. The number of ether oxygens (including phenoxy) is 1. The second kappa shape index (κ2) is 6.00. The lowest BCUT2D eigenvalue weighted by molar-refractivity contribution is -0.122. The molecular weight excluding hydrogens is 304 g/mol. The molecule has 1 unspecified atom stereocenters. The number of benzene rings is 2. The van der Waals surface area contributed by atoms with Gasteiger partial charge in [0.1, 0.15) is 11.3 Å². The first kappa shape index (κ1) is 14.8. The van der Waals surface area contributed by atoms with Crippen LogP contribution in [0, 0.1) is 0 Å². The van der Waals surface area contributed by atoms with Gasteiger partial charge in [-0.1, -0.05) is 18.2 Å². The van der Waals surface area contributed by atoms with Gasteiger partial charge in [-0.15, -0.1) is 0 Å². The monoisotopic (exact) mass is 322 g/mol. The lowest BCUT2D eigenvalue weighted by Gasteiger charge is -2.14. The van der Waals surface area contributed by atoms with Crippen molar-refractivity contribution in [1.82, 2.24) is 4.98 Å². The zero-order valence-electron chi connectivity index (χ0n) is 13.4. The number of amides is 1. The van der Waals surface area contributed by atoms with Crippen molar-refractivity contribution in [3.63, 3.8) is 0 Å². The highest BCUT2D eigenvalue weighted by molar-refractivity contribution is 5.95. The highest BCUT2D eigenvalue weighted by Gasteiger charge is 2.29. The van der Waals surface area contributed by atoms with Gasteiger partial charge in [-0.3, -0.25) is 4.79 Å². The Morgan fingerprint density at radius 2 is 2.04 bits per heavy atom. The molecule has 1 atom stereocenters. The Kier molecular flexibility index (Phi) is 3.69. The summed E-state index contributed by atoms with van der Waals surface area (Å²) in [5.41, 5.74) is 2.21. The molecule has 1 N–H and O–H groups in total. The fourth-order valence-electron chi connectivity index (χ4n) is 2.53. The van der Waals surface area contributed by atoms with Gasteiger partial charge in [-0.2, -0.15) is 0 Å². The fourth-order valence-corrected chi connectivity index (χ4v) is 2.53. The smallest absolute Gasteiger partial charge is 0.265 e. The summed E-state index contributed by atoms with van der Waals surface area (Å²) in [7, 11) is 0. The molecule has 122 valence electrons. The highest BCUT2D eigenvalue weighted by Crippen LogP contribution is 2.40. The van der Waals surface area contributed by atoms with Gasteiger partial charge in [0, 0.05) is 11.6 Å². The van der Waals surface area contributed by atoms with E-state index < -0.39 is 6.10 Å². The number of hydrogen-bond acceptors (Lipinski definition) is 4. The molecule has 5 heteroatoms. The van der Waals surface area contributed by atoms with Gasteiger partial charge in [0.25, 0.3) is 5.91 Å². The van der Waals surface area contributed by atoms with Gasteiger partial charge < -0.3 is 14.5 Å². The summed E-state index contributed by atoms with van der Waals surface area (Å²) >= 11 is 0. The normalized spacial score (nSPS) is 15.2. The molecule has 24 heavy (non-hydrogen) atoms. The van der Waals surface area contributed by atoms with E-state index in [0.29, 0.717) is 17.4 Å². The number of oxazole rings is 1. The first-order valence-corrected chi connectivity index (χ1v) is 8.12. The van der Waals surface area contributed by atoms with E-state index in [9.17, 15) is 4.79 Å². The topological polar surface area (TPSA) is 64.4 Å². The Labute approximate surface area is 139 Å². The summed E-state index contributed by atoms with van der Waals surface area (Å²) in [6.45, 7) is 1.72. The van der Waals surface area contributed by atoms with E-state index in [2.05, 4.69) is 10.3 Å². The Morgan fingerprint density at radius 1 is 1.25 bits per heavy atom. The molecule has 1 amide bonds. The molecule has 4 rings (SSSR count). The number of aromatic nitrogens is 1. The maximum Gasteiger partial charge on any atom is 0.265 e. The minimum Gasteiger partial charge on any atom is -0.481 e. The number of carbonyl (C=O) groups is 1. The first-order valence-electron chi connectivity index (χ1n) is 8.12. The lowest BCUT2D eigenvalue weighted by atomic mass is 10.2. The molecule has 5 nitrogen and oxygen atoms in total. The number of carbonyl (C=O) groups excluding carboxylic acids is 1. The maximum atomic E-state index is 12.3. The lowest BCUT2D eigenvalue weighted by Crippen LogP contribution is -2.30. The molecule has 1 heterocycles. The SMILES string of the molecule is CC(Oc1ccccc1)C(=O)Nc1ccc2oc(C3CC3)nc2c1.